The van der Waals surface area contributed by atoms with Crippen molar-refractivity contribution in [3.63, 3.8) is 0 Å². The lowest BCUT2D eigenvalue weighted by molar-refractivity contribution is -0.110. The highest BCUT2D eigenvalue weighted by Gasteiger charge is 2.00. The monoisotopic (exact) mass is 210 g/mol. The lowest BCUT2D eigenvalue weighted by Crippen LogP contribution is -2.08. The maximum absolute atomic E-state index is 10.1. The van der Waals surface area contributed by atoms with E-state index in [1.54, 1.807) is 0 Å². The topological polar surface area (TPSA) is 46.5 Å². The largest absolute Gasteiger partial charge is 0.400 e. The second kappa shape index (κ2) is 9.37. The van der Waals surface area contributed by atoms with Crippen LogP contribution in [-0.4, -0.2) is 24.6 Å². The van der Waals surface area contributed by atoms with Gasteiger partial charge in [-0.05, 0) is 12.5 Å². The summed E-state index contributed by atoms with van der Waals surface area (Å²) in [5.41, 5.74) is 1.14. The van der Waals surface area contributed by atoms with Gasteiger partial charge in [-0.3, -0.25) is 0 Å². The normalized spacial score (nSPS) is 11.1. The molecule has 1 atom stereocenters. The number of benzene rings is 1. The summed E-state index contributed by atoms with van der Waals surface area (Å²) in [4.78, 5) is 10.1. The number of ether oxygens (including phenoxy) is 1. The highest BCUT2D eigenvalue weighted by molar-refractivity contribution is 5.49. The predicted octanol–water partition coefficient (Wildman–Crippen LogP) is 1.79. The molecule has 1 rings (SSSR count). The SMILES string of the molecule is CC(CC=O)OCc1ccccc1.CO. The molecule has 0 aromatic heterocycles. The van der Waals surface area contributed by atoms with Crippen molar-refractivity contribution in [3.05, 3.63) is 35.9 Å². The van der Waals surface area contributed by atoms with Crippen molar-refractivity contribution < 1.29 is 14.6 Å². The molecule has 0 fully saturated rings. The maximum Gasteiger partial charge on any atom is 0.122 e. The quantitative estimate of drug-likeness (QED) is 0.754. The minimum atomic E-state index is 0.0118. The summed E-state index contributed by atoms with van der Waals surface area (Å²) < 4.78 is 5.44. The third-order valence-electron chi connectivity index (χ3n) is 1.81. The summed E-state index contributed by atoms with van der Waals surface area (Å²) in [5, 5.41) is 7.00. The molecule has 15 heavy (non-hydrogen) atoms. The molecule has 0 radical (unpaired) electrons. The van der Waals surface area contributed by atoms with Crippen molar-refractivity contribution in [1.29, 1.82) is 0 Å². The first kappa shape index (κ1) is 13.8. The molecule has 0 aliphatic carbocycles. The standard InChI is InChI=1S/C11H14O2.CH4O/c1-10(7-8-12)13-9-11-5-3-2-4-6-11;1-2/h2-6,8,10H,7,9H2,1H3;2H,1H3. The van der Waals surface area contributed by atoms with Gasteiger partial charge in [-0.2, -0.15) is 0 Å². The van der Waals surface area contributed by atoms with E-state index in [1.165, 1.54) is 0 Å². The Morgan fingerprint density at radius 2 is 1.93 bits per heavy atom. The molecular weight excluding hydrogens is 192 g/mol. The molecule has 0 aliphatic rings. The van der Waals surface area contributed by atoms with E-state index in [4.69, 9.17) is 9.84 Å². The smallest absolute Gasteiger partial charge is 0.122 e. The summed E-state index contributed by atoms with van der Waals surface area (Å²) in [5.74, 6) is 0. The van der Waals surface area contributed by atoms with Crippen LogP contribution >= 0.6 is 0 Å². The Hall–Kier alpha value is -1.19. The van der Waals surface area contributed by atoms with E-state index in [-0.39, 0.29) is 6.10 Å². The van der Waals surface area contributed by atoms with Crippen LogP contribution in [0.15, 0.2) is 30.3 Å². The zero-order valence-corrected chi connectivity index (χ0v) is 9.22. The second-order valence-electron chi connectivity index (χ2n) is 3.01. The van der Waals surface area contributed by atoms with E-state index < -0.39 is 0 Å². The molecule has 0 amide bonds. The number of hydrogen-bond acceptors (Lipinski definition) is 3. The van der Waals surface area contributed by atoms with Crippen molar-refractivity contribution in [3.8, 4) is 0 Å². The summed E-state index contributed by atoms with van der Waals surface area (Å²) in [6.07, 6.45) is 1.36. The first-order valence-electron chi connectivity index (χ1n) is 4.87. The third-order valence-corrected chi connectivity index (χ3v) is 1.81. The molecule has 0 aliphatic heterocycles. The van der Waals surface area contributed by atoms with Crippen LogP contribution in [0.25, 0.3) is 0 Å². The number of rotatable bonds is 5. The minimum Gasteiger partial charge on any atom is -0.400 e. The number of carbonyl (C=O) groups is 1. The van der Waals surface area contributed by atoms with Crippen LogP contribution in [0, 0.1) is 0 Å². The number of aliphatic hydroxyl groups is 1. The van der Waals surface area contributed by atoms with Crippen LogP contribution in [0.4, 0.5) is 0 Å². The number of aliphatic hydroxyl groups excluding tert-OH is 1. The predicted molar refractivity (Wildman–Crippen MR) is 59.5 cm³/mol. The third kappa shape index (κ3) is 6.82. The van der Waals surface area contributed by atoms with Crippen LogP contribution in [0.2, 0.25) is 0 Å². The molecule has 0 bridgehead atoms. The Labute approximate surface area is 90.7 Å². The van der Waals surface area contributed by atoms with E-state index >= 15 is 0 Å². The van der Waals surface area contributed by atoms with E-state index in [0.717, 1.165) is 19.0 Å². The van der Waals surface area contributed by atoms with Crippen molar-refractivity contribution in [1.82, 2.24) is 0 Å². The molecule has 1 aromatic carbocycles. The van der Waals surface area contributed by atoms with Crippen LogP contribution in [0.1, 0.15) is 18.9 Å². The average molecular weight is 210 g/mol. The molecule has 3 nitrogen and oxygen atoms in total. The molecule has 1 N–H and O–H groups in total. The average Bonchev–Trinajstić information content (AvgIpc) is 2.31. The summed E-state index contributed by atoms with van der Waals surface area (Å²) in [6.45, 7) is 2.48. The van der Waals surface area contributed by atoms with Gasteiger partial charge in [0.05, 0.1) is 12.7 Å². The van der Waals surface area contributed by atoms with Gasteiger partial charge >= 0.3 is 0 Å². The van der Waals surface area contributed by atoms with Crippen molar-refractivity contribution in [2.45, 2.75) is 26.1 Å². The molecule has 0 heterocycles. The highest BCUT2D eigenvalue weighted by atomic mass is 16.5. The van der Waals surface area contributed by atoms with E-state index in [0.29, 0.717) is 13.0 Å². The van der Waals surface area contributed by atoms with Gasteiger partial charge in [0.1, 0.15) is 6.29 Å². The number of hydrogen-bond donors (Lipinski definition) is 1. The molecule has 84 valence electrons. The molecule has 3 heteroatoms. The van der Waals surface area contributed by atoms with Gasteiger partial charge in [-0.15, -0.1) is 0 Å². The fourth-order valence-electron chi connectivity index (χ4n) is 1.02. The molecule has 1 unspecified atom stereocenters. The van der Waals surface area contributed by atoms with Crippen molar-refractivity contribution in [2.75, 3.05) is 7.11 Å². The second-order valence-corrected chi connectivity index (χ2v) is 3.01. The fraction of sp³-hybridized carbons (Fsp3) is 0.417. The Morgan fingerprint density at radius 3 is 2.47 bits per heavy atom. The van der Waals surface area contributed by atoms with Gasteiger partial charge in [0, 0.05) is 13.5 Å². The molecule has 0 spiro atoms. The molecular formula is C12H18O3. The Morgan fingerprint density at radius 1 is 1.33 bits per heavy atom. The van der Waals surface area contributed by atoms with Crippen LogP contribution in [0.5, 0.6) is 0 Å². The van der Waals surface area contributed by atoms with Gasteiger partial charge in [-0.25, -0.2) is 0 Å². The van der Waals surface area contributed by atoms with E-state index in [1.807, 2.05) is 37.3 Å². The maximum atomic E-state index is 10.1. The number of aldehydes is 1. The highest BCUT2D eigenvalue weighted by Crippen LogP contribution is 2.04. The summed E-state index contributed by atoms with van der Waals surface area (Å²) >= 11 is 0. The van der Waals surface area contributed by atoms with Gasteiger partial charge in [0.15, 0.2) is 0 Å². The Bertz CT molecular complexity index is 246. The zero-order valence-electron chi connectivity index (χ0n) is 9.22. The summed E-state index contributed by atoms with van der Waals surface area (Å²) in [7, 11) is 1.00. The lowest BCUT2D eigenvalue weighted by Gasteiger charge is -2.09. The van der Waals surface area contributed by atoms with Crippen LogP contribution < -0.4 is 0 Å². The molecule has 1 aromatic rings. The first-order chi connectivity index (χ1) is 7.33. The Kier molecular flexibility index (Phi) is 8.63. The van der Waals surface area contributed by atoms with Crippen LogP contribution in [-0.2, 0) is 16.1 Å². The lowest BCUT2D eigenvalue weighted by atomic mass is 10.2. The van der Waals surface area contributed by atoms with E-state index in [2.05, 4.69) is 0 Å². The van der Waals surface area contributed by atoms with Crippen molar-refractivity contribution in [2.24, 2.45) is 0 Å². The Balaban J connectivity index is 0.000000921. The van der Waals surface area contributed by atoms with Gasteiger partial charge in [-0.1, -0.05) is 30.3 Å². The minimum absolute atomic E-state index is 0.0118. The van der Waals surface area contributed by atoms with Gasteiger partial charge < -0.3 is 14.6 Å². The van der Waals surface area contributed by atoms with E-state index in [9.17, 15) is 4.79 Å². The van der Waals surface area contributed by atoms with Gasteiger partial charge in [0.25, 0.3) is 0 Å². The first-order valence-corrected chi connectivity index (χ1v) is 4.87. The van der Waals surface area contributed by atoms with Crippen LogP contribution in [0.3, 0.4) is 0 Å². The zero-order chi connectivity index (χ0) is 11.5. The molecule has 0 saturated heterocycles. The molecule has 0 saturated carbocycles. The summed E-state index contributed by atoms with van der Waals surface area (Å²) in [6, 6.07) is 9.94. The fourth-order valence-corrected chi connectivity index (χ4v) is 1.02. The van der Waals surface area contributed by atoms with Crippen molar-refractivity contribution >= 4 is 6.29 Å². The number of carbonyl (C=O) groups excluding carboxylic acids is 1. The van der Waals surface area contributed by atoms with Gasteiger partial charge in [0.2, 0.25) is 0 Å².